The van der Waals surface area contributed by atoms with Crippen LogP contribution in [0.25, 0.3) is 10.8 Å². The fourth-order valence-electron chi connectivity index (χ4n) is 1.62. The third kappa shape index (κ3) is 1.21. The number of anilines is 1. The lowest BCUT2D eigenvalue weighted by atomic mass is 10.1. The Hall–Kier alpha value is -1.64. The molecule has 2 N–H and O–H groups in total. The van der Waals surface area contributed by atoms with Crippen molar-refractivity contribution in [3.8, 4) is 0 Å². The number of nitrogen functional groups attached to an aromatic ring is 1. The molecule has 1 heterocycles. The van der Waals surface area contributed by atoms with Gasteiger partial charge in [-0.05, 0) is 23.4 Å². The van der Waals surface area contributed by atoms with Crippen molar-refractivity contribution in [3.63, 3.8) is 0 Å². The van der Waals surface area contributed by atoms with E-state index in [0.717, 1.165) is 17.4 Å². The number of halogens is 1. The average Bonchev–Trinajstić information content (AvgIpc) is 2.18. The maximum absolute atomic E-state index is 13.4. The fourth-order valence-corrected chi connectivity index (χ4v) is 1.62. The molecule has 0 saturated heterocycles. The summed E-state index contributed by atoms with van der Waals surface area (Å²) in [5, 5.41) is 1.30. The molecule has 0 aliphatic heterocycles. The lowest BCUT2D eigenvalue weighted by molar-refractivity contribution is 0.640. The van der Waals surface area contributed by atoms with Crippen molar-refractivity contribution in [1.82, 2.24) is 4.98 Å². The zero-order chi connectivity index (χ0) is 10.1. The molecule has 2 rings (SSSR count). The minimum absolute atomic E-state index is 0.260. The normalized spacial score (nSPS) is 10.7. The van der Waals surface area contributed by atoms with Gasteiger partial charge in [0, 0.05) is 6.20 Å². The van der Waals surface area contributed by atoms with Gasteiger partial charge < -0.3 is 5.73 Å². The van der Waals surface area contributed by atoms with Gasteiger partial charge in [-0.1, -0.05) is 19.1 Å². The van der Waals surface area contributed by atoms with Gasteiger partial charge in [0.05, 0.1) is 5.39 Å². The molecule has 0 aliphatic carbocycles. The first-order chi connectivity index (χ1) is 6.74. The van der Waals surface area contributed by atoms with Crippen LogP contribution in [0.1, 0.15) is 12.5 Å². The summed E-state index contributed by atoms with van der Waals surface area (Å²) in [7, 11) is 0. The highest BCUT2D eigenvalue weighted by atomic mass is 19.1. The van der Waals surface area contributed by atoms with Gasteiger partial charge in [-0.15, -0.1) is 0 Å². The minimum atomic E-state index is -0.303. The number of pyridine rings is 1. The average molecular weight is 190 g/mol. The molecule has 0 spiro atoms. The standard InChI is InChI=1S/C11H11FN2/c1-2-7-6-14-11(13)10-8(7)4-3-5-9(10)12/h3-6H,2H2,1H3,(H2,13,14). The summed E-state index contributed by atoms with van der Waals surface area (Å²) in [5.41, 5.74) is 6.65. The Bertz CT molecular complexity index is 472. The van der Waals surface area contributed by atoms with E-state index in [1.54, 1.807) is 12.3 Å². The van der Waals surface area contributed by atoms with Crippen LogP contribution in [-0.4, -0.2) is 4.98 Å². The van der Waals surface area contributed by atoms with E-state index in [1.165, 1.54) is 6.07 Å². The van der Waals surface area contributed by atoms with Gasteiger partial charge >= 0.3 is 0 Å². The maximum atomic E-state index is 13.4. The Balaban J connectivity index is 2.91. The highest BCUT2D eigenvalue weighted by Gasteiger charge is 2.07. The van der Waals surface area contributed by atoms with Crippen LogP contribution >= 0.6 is 0 Å². The third-order valence-electron chi connectivity index (χ3n) is 2.36. The summed E-state index contributed by atoms with van der Waals surface area (Å²) in [6.07, 6.45) is 2.53. The van der Waals surface area contributed by atoms with Gasteiger partial charge in [0.1, 0.15) is 11.6 Å². The molecule has 0 amide bonds. The van der Waals surface area contributed by atoms with Crippen LogP contribution in [0.5, 0.6) is 0 Å². The summed E-state index contributed by atoms with van der Waals surface area (Å²) in [5.74, 6) is -0.0434. The quantitative estimate of drug-likeness (QED) is 0.750. The van der Waals surface area contributed by atoms with Crippen molar-refractivity contribution in [1.29, 1.82) is 0 Å². The maximum Gasteiger partial charge on any atom is 0.134 e. The van der Waals surface area contributed by atoms with Crippen molar-refractivity contribution in [2.24, 2.45) is 0 Å². The van der Waals surface area contributed by atoms with E-state index < -0.39 is 0 Å². The second kappa shape index (κ2) is 3.25. The number of benzene rings is 1. The van der Waals surface area contributed by atoms with E-state index in [1.807, 2.05) is 13.0 Å². The summed E-state index contributed by atoms with van der Waals surface area (Å²) < 4.78 is 13.4. The zero-order valence-electron chi connectivity index (χ0n) is 7.92. The summed E-state index contributed by atoms with van der Waals surface area (Å²) >= 11 is 0. The summed E-state index contributed by atoms with van der Waals surface area (Å²) in [4.78, 5) is 3.98. The molecule has 14 heavy (non-hydrogen) atoms. The molecule has 2 nitrogen and oxygen atoms in total. The fraction of sp³-hybridized carbons (Fsp3) is 0.182. The molecule has 0 unspecified atom stereocenters. The van der Waals surface area contributed by atoms with Crippen LogP contribution in [-0.2, 0) is 6.42 Å². The highest BCUT2D eigenvalue weighted by Crippen LogP contribution is 2.25. The van der Waals surface area contributed by atoms with E-state index in [9.17, 15) is 4.39 Å². The van der Waals surface area contributed by atoms with Crippen molar-refractivity contribution in [2.45, 2.75) is 13.3 Å². The van der Waals surface area contributed by atoms with Gasteiger partial charge in [0.25, 0.3) is 0 Å². The molecule has 0 aliphatic rings. The van der Waals surface area contributed by atoms with E-state index in [2.05, 4.69) is 4.98 Å². The number of aryl methyl sites for hydroxylation is 1. The molecule has 0 radical (unpaired) electrons. The van der Waals surface area contributed by atoms with E-state index in [0.29, 0.717) is 5.39 Å². The summed E-state index contributed by atoms with van der Waals surface area (Å²) in [6, 6.07) is 4.96. The predicted molar refractivity (Wildman–Crippen MR) is 55.5 cm³/mol. The Morgan fingerprint density at radius 3 is 2.93 bits per heavy atom. The second-order valence-electron chi connectivity index (χ2n) is 3.18. The molecular weight excluding hydrogens is 179 g/mol. The van der Waals surface area contributed by atoms with E-state index in [-0.39, 0.29) is 11.6 Å². The summed E-state index contributed by atoms with van der Waals surface area (Å²) in [6.45, 7) is 2.01. The van der Waals surface area contributed by atoms with Gasteiger partial charge in [0.2, 0.25) is 0 Å². The molecule has 0 fully saturated rings. The molecule has 0 bridgehead atoms. The monoisotopic (exact) mass is 190 g/mol. The Morgan fingerprint density at radius 1 is 1.43 bits per heavy atom. The largest absolute Gasteiger partial charge is 0.383 e. The highest BCUT2D eigenvalue weighted by molar-refractivity contribution is 5.93. The second-order valence-corrected chi connectivity index (χ2v) is 3.18. The molecule has 3 heteroatoms. The smallest absolute Gasteiger partial charge is 0.134 e. The minimum Gasteiger partial charge on any atom is -0.383 e. The van der Waals surface area contributed by atoms with Crippen LogP contribution in [0.4, 0.5) is 10.2 Å². The van der Waals surface area contributed by atoms with Crippen LogP contribution in [0.2, 0.25) is 0 Å². The topological polar surface area (TPSA) is 38.9 Å². The molecule has 0 atom stereocenters. The first kappa shape index (κ1) is 8.94. The molecule has 1 aromatic carbocycles. The number of hydrogen-bond acceptors (Lipinski definition) is 2. The molecule has 2 aromatic rings. The van der Waals surface area contributed by atoms with Crippen LogP contribution in [0, 0.1) is 5.82 Å². The number of rotatable bonds is 1. The van der Waals surface area contributed by atoms with Crippen LogP contribution in [0.15, 0.2) is 24.4 Å². The number of hydrogen-bond donors (Lipinski definition) is 1. The van der Waals surface area contributed by atoms with Gasteiger partial charge in [-0.25, -0.2) is 9.37 Å². The van der Waals surface area contributed by atoms with Crippen molar-refractivity contribution >= 4 is 16.6 Å². The Kier molecular flexibility index (Phi) is 2.08. The first-order valence-electron chi connectivity index (χ1n) is 4.55. The van der Waals surface area contributed by atoms with Gasteiger partial charge in [0.15, 0.2) is 0 Å². The predicted octanol–water partition coefficient (Wildman–Crippen LogP) is 2.52. The van der Waals surface area contributed by atoms with Gasteiger partial charge in [-0.2, -0.15) is 0 Å². The van der Waals surface area contributed by atoms with Crippen molar-refractivity contribution < 1.29 is 4.39 Å². The third-order valence-corrected chi connectivity index (χ3v) is 2.36. The van der Waals surface area contributed by atoms with Crippen molar-refractivity contribution in [2.75, 3.05) is 5.73 Å². The molecule has 72 valence electrons. The van der Waals surface area contributed by atoms with Crippen LogP contribution < -0.4 is 5.73 Å². The number of fused-ring (bicyclic) bond motifs is 1. The Morgan fingerprint density at radius 2 is 2.21 bits per heavy atom. The number of nitrogens with zero attached hydrogens (tertiary/aromatic N) is 1. The van der Waals surface area contributed by atoms with E-state index >= 15 is 0 Å². The molecule has 1 aromatic heterocycles. The van der Waals surface area contributed by atoms with Crippen LogP contribution in [0.3, 0.4) is 0 Å². The molecular formula is C11H11FN2. The lowest BCUT2D eigenvalue weighted by Gasteiger charge is -2.06. The number of nitrogens with two attached hydrogens (primary N) is 1. The first-order valence-corrected chi connectivity index (χ1v) is 4.55. The SMILES string of the molecule is CCc1cnc(N)c2c(F)cccc12. The Labute approximate surface area is 81.6 Å². The van der Waals surface area contributed by atoms with E-state index in [4.69, 9.17) is 5.73 Å². The van der Waals surface area contributed by atoms with Crippen molar-refractivity contribution in [3.05, 3.63) is 35.8 Å². The number of aromatic nitrogens is 1. The van der Waals surface area contributed by atoms with Gasteiger partial charge in [-0.3, -0.25) is 0 Å². The molecule has 0 saturated carbocycles. The lowest BCUT2D eigenvalue weighted by Crippen LogP contribution is -1.96. The zero-order valence-corrected chi connectivity index (χ0v) is 7.92.